The minimum atomic E-state index is -0.125. The Balaban J connectivity index is 1.86. The molecular weight excluding hydrogens is 318 g/mol. The van der Waals surface area contributed by atoms with E-state index in [1.54, 1.807) is 6.20 Å². The lowest BCUT2D eigenvalue weighted by atomic mass is 10.1. The van der Waals surface area contributed by atoms with Gasteiger partial charge in [-0.25, -0.2) is 0 Å². The number of anilines is 1. The maximum Gasteiger partial charge on any atom is 0.255 e. The van der Waals surface area contributed by atoms with Gasteiger partial charge in [-0.2, -0.15) is 5.10 Å². The third-order valence-electron chi connectivity index (χ3n) is 3.10. The normalized spacial score (nSPS) is 10.7. The lowest BCUT2D eigenvalue weighted by molar-refractivity contribution is 0.102. The van der Waals surface area contributed by atoms with E-state index in [1.807, 2.05) is 42.5 Å². The molecule has 100 valence electrons. The molecule has 1 amide bonds. The van der Waals surface area contributed by atoms with E-state index in [0.717, 1.165) is 27.5 Å². The molecule has 0 bridgehead atoms. The number of nitrogens with one attached hydrogen (secondary N) is 2. The number of alkyl halides is 1. The van der Waals surface area contributed by atoms with Crippen LogP contribution in [-0.4, -0.2) is 16.1 Å². The van der Waals surface area contributed by atoms with Gasteiger partial charge in [0.05, 0.1) is 17.4 Å². The summed E-state index contributed by atoms with van der Waals surface area (Å²) >= 11 is 3.38. The number of H-pyrrole nitrogens is 1. The first-order chi connectivity index (χ1) is 9.78. The van der Waals surface area contributed by atoms with Crippen LogP contribution in [0, 0.1) is 0 Å². The smallest absolute Gasteiger partial charge is 0.255 e. The molecule has 0 saturated carbocycles. The molecular formula is C15H12BrN3O. The zero-order valence-electron chi connectivity index (χ0n) is 10.6. The predicted octanol–water partition coefficient (Wildman–Crippen LogP) is 3.71. The second kappa shape index (κ2) is 5.46. The first-order valence-corrected chi connectivity index (χ1v) is 7.28. The van der Waals surface area contributed by atoms with Crippen LogP contribution in [0.3, 0.4) is 0 Å². The average molecular weight is 330 g/mol. The molecule has 2 aromatic carbocycles. The van der Waals surface area contributed by atoms with E-state index in [0.29, 0.717) is 5.56 Å². The number of nitrogens with zero attached hydrogens (tertiary/aromatic N) is 1. The number of fused-ring (bicyclic) bond motifs is 1. The van der Waals surface area contributed by atoms with Gasteiger partial charge in [0.2, 0.25) is 0 Å². The minimum Gasteiger partial charge on any atom is -0.321 e. The van der Waals surface area contributed by atoms with Gasteiger partial charge in [-0.3, -0.25) is 9.89 Å². The Morgan fingerprint density at radius 3 is 2.75 bits per heavy atom. The van der Waals surface area contributed by atoms with Gasteiger partial charge in [-0.1, -0.05) is 34.1 Å². The highest BCUT2D eigenvalue weighted by molar-refractivity contribution is 9.08. The molecule has 0 unspecified atom stereocenters. The highest BCUT2D eigenvalue weighted by Crippen LogP contribution is 2.21. The van der Waals surface area contributed by atoms with Crippen LogP contribution in [0.1, 0.15) is 15.9 Å². The molecule has 0 atom stereocenters. The molecule has 0 aliphatic heterocycles. The maximum atomic E-state index is 12.2. The zero-order valence-corrected chi connectivity index (χ0v) is 12.1. The number of carbonyl (C=O) groups is 1. The molecule has 3 rings (SSSR count). The summed E-state index contributed by atoms with van der Waals surface area (Å²) in [6, 6.07) is 13.2. The van der Waals surface area contributed by atoms with Crippen molar-refractivity contribution in [3.8, 4) is 0 Å². The van der Waals surface area contributed by atoms with Gasteiger partial charge in [0.1, 0.15) is 0 Å². The number of benzene rings is 2. The van der Waals surface area contributed by atoms with Gasteiger partial charge in [-0.05, 0) is 29.8 Å². The number of amides is 1. The van der Waals surface area contributed by atoms with Crippen molar-refractivity contribution in [2.75, 3.05) is 5.32 Å². The van der Waals surface area contributed by atoms with Gasteiger partial charge in [0.25, 0.3) is 5.91 Å². The van der Waals surface area contributed by atoms with Crippen molar-refractivity contribution in [3.63, 3.8) is 0 Å². The van der Waals surface area contributed by atoms with Crippen molar-refractivity contribution >= 4 is 38.4 Å². The molecule has 0 fully saturated rings. The Kier molecular flexibility index (Phi) is 3.52. The van der Waals surface area contributed by atoms with Crippen LogP contribution < -0.4 is 5.32 Å². The summed E-state index contributed by atoms with van der Waals surface area (Å²) in [5, 5.41) is 11.5. The van der Waals surface area contributed by atoms with Crippen molar-refractivity contribution in [2.24, 2.45) is 0 Å². The quantitative estimate of drug-likeness (QED) is 0.719. The van der Waals surface area contributed by atoms with Crippen LogP contribution in [0.25, 0.3) is 10.9 Å². The van der Waals surface area contributed by atoms with E-state index in [4.69, 9.17) is 0 Å². The molecule has 0 radical (unpaired) electrons. The second-order valence-corrected chi connectivity index (χ2v) is 4.98. The van der Waals surface area contributed by atoms with E-state index < -0.39 is 0 Å². The number of aromatic amines is 1. The summed E-state index contributed by atoms with van der Waals surface area (Å²) in [4.78, 5) is 12.2. The van der Waals surface area contributed by atoms with Gasteiger partial charge in [0.15, 0.2) is 0 Å². The summed E-state index contributed by atoms with van der Waals surface area (Å²) in [6.45, 7) is 0. The lowest BCUT2D eigenvalue weighted by Crippen LogP contribution is -2.11. The van der Waals surface area contributed by atoms with E-state index >= 15 is 0 Å². The molecule has 0 aliphatic rings. The Bertz CT molecular complexity index is 749. The van der Waals surface area contributed by atoms with E-state index in [1.165, 1.54) is 0 Å². The van der Waals surface area contributed by atoms with Gasteiger partial charge in [-0.15, -0.1) is 0 Å². The number of aromatic nitrogens is 2. The zero-order chi connectivity index (χ0) is 13.9. The van der Waals surface area contributed by atoms with Crippen LogP contribution in [-0.2, 0) is 5.33 Å². The molecule has 5 heteroatoms. The van der Waals surface area contributed by atoms with Crippen molar-refractivity contribution in [2.45, 2.75) is 5.33 Å². The van der Waals surface area contributed by atoms with Gasteiger partial charge >= 0.3 is 0 Å². The topological polar surface area (TPSA) is 57.8 Å². The molecule has 4 nitrogen and oxygen atoms in total. The predicted molar refractivity (Wildman–Crippen MR) is 83.1 cm³/mol. The minimum absolute atomic E-state index is 0.125. The summed E-state index contributed by atoms with van der Waals surface area (Å²) in [7, 11) is 0. The van der Waals surface area contributed by atoms with Crippen LogP contribution in [0.4, 0.5) is 5.69 Å². The average Bonchev–Trinajstić information content (AvgIpc) is 2.97. The summed E-state index contributed by atoms with van der Waals surface area (Å²) < 4.78 is 0. The van der Waals surface area contributed by atoms with Crippen molar-refractivity contribution < 1.29 is 4.79 Å². The largest absolute Gasteiger partial charge is 0.321 e. The Morgan fingerprint density at radius 2 is 2.00 bits per heavy atom. The van der Waals surface area contributed by atoms with Crippen LogP contribution in [0.15, 0.2) is 48.7 Å². The van der Waals surface area contributed by atoms with Gasteiger partial charge in [0, 0.05) is 16.3 Å². The summed E-state index contributed by atoms with van der Waals surface area (Å²) in [5.41, 5.74) is 3.43. The number of hydrogen-bond donors (Lipinski definition) is 2. The molecule has 3 aromatic rings. The highest BCUT2D eigenvalue weighted by Gasteiger charge is 2.09. The first kappa shape index (κ1) is 12.9. The molecule has 0 aliphatic carbocycles. The molecule has 1 heterocycles. The highest BCUT2D eigenvalue weighted by atomic mass is 79.9. The van der Waals surface area contributed by atoms with Crippen LogP contribution in [0.2, 0.25) is 0 Å². The fraction of sp³-hybridized carbons (Fsp3) is 0.0667. The second-order valence-electron chi connectivity index (χ2n) is 4.42. The fourth-order valence-electron chi connectivity index (χ4n) is 2.02. The molecule has 0 saturated heterocycles. The Morgan fingerprint density at radius 1 is 1.20 bits per heavy atom. The Labute approximate surface area is 124 Å². The van der Waals surface area contributed by atoms with Crippen molar-refractivity contribution in [1.29, 1.82) is 0 Å². The third-order valence-corrected chi connectivity index (χ3v) is 3.75. The SMILES string of the molecule is O=C(Nc1cccc2[nH]ncc12)c1ccc(CBr)cc1. The number of carbonyl (C=O) groups excluding carboxylic acids is 1. The maximum absolute atomic E-state index is 12.2. The van der Waals surface area contributed by atoms with Crippen molar-refractivity contribution in [1.82, 2.24) is 10.2 Å². The van der Waals surface area contributed by atoms with Gasteiger partial charge < -0.3 is 5.32 Å². The monoisotopic (exact) mass is 329 g/mol. The lowest BCUT2D eigenvalue weighted by Gasteiger charge is -2.06. The standard InChI is InChI=1S/C15H12BrN3O/c16-8-10-4-6-11(7-5-10)15(20)18-13-2-1-3-14-12(13)9-17-19-14/h1-7,9H,8H2,(H,17,19)(H,18,20). The molecule has 20 heavy (non-hydrogen) atoms. The Hall–Kier alpha value is -2.14. The molecule has 0 spiro atoms. The summed E-state index contributed by atoms with van der Waals surface area (Å²) in [6.07, 6.45) is 1.71. The number of rotatable bonds is 3. The van der Waals surface area contributed by atoms with E-state index in [2.05, 4.69) is 31.4 Å². The van der Waals surface area contributed by atoms with Crippen molar-refractivity contribution in [3.05, 3.63) is 59.8 Å². The van der Waals surface area contributed by atoms with Crippen LogP contribution in [0.5, 0.6) is 0 Å². The number of halogens is 1. The molecule has 2 N–H and O–H groups in total. The number of hydrogen-bond acceptors (Lipinski definition) is 2. The molecule has 1 aromatic heterocycles. The summed E-state index contributed by atoms with van der Waals surface area (Å²) in [5.74, 6) is -0.125. The first-order valence-electron chi connectivity index (χ1n) is 6.16. The van der Waals surface area contributed by atoms with E-state index in [-0.39, 0.29) is 5.91 Å². The third kappa shape index (κ3) is 2.44. The van der Waals surface area contributed by atoms with Crippen LogP contribution >= 0.6 is 15.9 Å². The fourth-order valence-corrected chi connectivity index (χ4v) is 2.39. The van der Waals surface area contributed by atoms with E-state index in [9.17, 15) is 4.79 Å².